The Hall–Kier alpha value is -3.35. The smallest absolute Gasteiger partial charge is 0.191 e. The highest BCUT2D eigenvalue weighted by molar-refractivity contribution is 5.79. The Labute approximate surface area is 165 Å². The molecule has 3 rings (SSSR count). The van der Waals surface area contributed by atoms with E-state index in [0.29, 0.717) is 19.7 Å². The highest BCUT2D eigenvalue weighted by Gasteiger charge is 2.08. The molecule has 0 bridgehead atoms. The Kier molecular flexibility index (Phi) is 7.01. The summed E-state index contributed by atoms with van der Waals surface area (Å²) in [4.78, 5) is 4.69. The number of para-hydroxylation sites is 2. The van der Waals surface area contributed by atoms with Gasteiger partial charge in [-0.15, -0.1) is 10.2 Å². The van der Waals surface area contributed by atoms with Crippen LogP contribution >= 0.6 is 0 Å². The van der Waals surface area contributed by atoms with Crippen LogP contribution in [0.4, 0.5) is 0 Å². The van der Waals surface area contributed by atoms with Crippen LogP contribution in [0.15, 0.2) is 65.9 Å². The van der Waals surface area contributed by atoms with Crippen molar-refractivity contribution in [2.24, 2.45) is 4.99 Å². The average molecular weight is 378 g/mol. The van der Waals surface area contributed by atoms with Gasteiger partial charge in [0.15, 0.2) is 11.8 Å². The molecule has 0 atom stereocenters. The van der Waals surface area contributed by atoms with Crippen LogP contribution in [0, 0.1) is 0 Å². The first kappa shape index (κ1) is 19.4. The predicted octanol–water partition coefficient (Wildman–Crippen LogP) is 2.92. The minimum atomic E-state index is 0.508. The van der Waals surface area contributed by atoms with Crippen LogP contribution < -0.4 is 15.4 Å². The Bertz CT molecular complexity index is 891. The van der Waals surface area contributed by atoms with Crippen molar-refractivity contribution in [1.82, 2.24) is 25.4 Å². The number of nitrogens with one attached hydrogen (secondary N) is 2. The third-order valence-electron chi connectivity index (χ3n) is 4.09. The number of aromatic nitrogens is 3. The molecule has 0 aliphatic carbocycles. The summed E-state index contributed by atoms with van der Waals surface area (Å²) >= 11 is 0. The van der Waals surface area contributed by atoms with E-state index in [0.717, 1.165) is 35.3 Å². The monoisotopic (exact) mass is 378 g/mol. The van der Waals surface area contributed by atoms with Crippen LogP contribution in [0.5, 0.6) is 5.75 Å². The Morgan fingerprint density at radius 2 is 1.82 bits per heavy atom. The van der Waals surface area contributed by atoms with Gasteiger partial charge in [0, 0.05) is 17.8 Å². The largest absolute Gasteiger partial charge is 0.494 e. The number of hydrogen-bond acceptors (Lipinski definition) is 4. The standard InChI is InChI=1S/C21H26N6O/c1-3-22-21(23-14-17-10-8-9-13-19(17)28-4-2)24-15-20-26-25-16-27(20)18-11-6-5-7-12-18/h5-13,16H,3-4,14-15H2,1-2H3,(H2,22,23,24). The SMILES string of the molecule is CCNC(=NCc1ccccc1OCC)NCc1nncn1-c1ccccc1. The maximum absolute atomic E-state index is 5.68. The summed E-state index contributed by atoms with van der Waals surface area (Å²) in [6.07, 6.45) is 1.72. The maximum atomic E-state index is 5.68. The van der Waals surface area contributed by atoms with Crippen molar-refractivity contribution in [2.45, 2.75) is 26.9 Å². The lowest BCUT2D eigenvalue weighted by Crippen LogP contribution is -2.37. The summed E-state index contributed by atoms with van der Waals surface area (Å²) < 4.78 is 7.64. The van der Waals surface area contributed by atoms with Crippen molar-refractivity contribution in [3.63, 3.8) is 0 Å². The molecule has 3 aromatic rings. The molecule has 0 fully saturated rings. The molecular weight excluding hydrogens is 352 g/mol. The van der Waals surface area contributed by atoms with Gasteiger partial charge in [-0.3, -0.25) is 4.57 Å². The second-order valence-electron chi connectivity index (χ2n) is 6.04. The number of aliphatic imine (C=N–C) groups is 1. The molecular formula is C21H26N6O. The third kappa shape index (κ3) is 5.09. The number of hydrogen-bond donors (Lipinski definition) is 2. The zero-order valence-electron chi connectivity index (χ0n) is 16.3. The van der Waals surface area contributed by atoms with Crippen molar-refractivity contribution in [2.75, 3.05) is 13.2 Å². The second kappa shape index (κ2) is 10.1. The lowest BCUT2D eigenvalue weighted by Gasteiger charge is -2.13. The van der Waals surface area contributed by atoms with Crippen molar-refractivity contribution < 1.29 is 4.74 Å². The van der Waals surface area contributed by atoms with E-state index < -0.39 is 0 Å². The topological polar surface area (TPSA) is 76.4 Å². The number of guanidine groups is 1. The predicted molar refractivity (Wildman–Crippen MR) is 111 cm³/mol. The van der Waals surface area contributed by atoms with E-state index in [4.69, 9.17) is 4.74 Å². The number of benzene rings is 2. The zero-order chi connectivity index (χ0) is 19.6. The molecule has 0 radical (unpaired) electrons. The molecule has 2 aromatic carbocycles. The van der Waals surface area contributed by atoms with Gasteiger partial charge in [-0.05, 0) is 32.0 Å². The first-order chi connectivity index (χ1) is 13.8. The van der Waals surface area contributed by atoms with Crippen LogP contribution in [0.3, 0.4) is 0 Å². The minimum absolute atomic E-state index is 0.508. The molecule has 7 heteroatoms. The van der Waals surface area contributed by atoms with E-state index in [1.54, 1.807) is 6.33 Å². The molecule has 7 nitrogen and oxygen atoms in total. The van der Waals surface area contributed by atoms with Crippen LogP contribution in [0.1, 0.15) is 25.2 Å². The molecule has 0 unspecified atom stereocenters. The summed E-state index contributed by atoms with van der Waals surface area (Å²) in [6.45, 7) is 6.45. The van der Waals surface area contributed by atoms with Crippen LogP contribution in [0.2, 0.25) is 0 Å². The molecule has 0 amide bonds. The highest BCUT2D eigenvalue weighted by Crippen LogP contribution is 2.18. The third-order valence-corrected chi connectivity index (χ3v) is 4.09. The fraction of sp³-hybridized carbons (Fsp3) is 0.286. The Morgan fingerprint density at radius 1 is 1.04 bits per heavy atom. The molecule has 0 aliphatic rings. The van der Waals surface area contributed by atoms with Gasteiger partial charge in [-0.25, -0.2) is 4.99 Å². The zero-order valence-corrected chi connectivity index (χ0v) is 16.3. The van der Waals surface area contributed by atoms with Gasteiger partial charge in [0.05, 0.1) is 19.7 Å². The van der Waals surface area contributed by atoms with E-state index in [1.807, 2.05) is 73.0 Å². The van der Waals surface area contributed by atoms with E-state index >= 15 is 0 Å². The lowest BCUT2D eigenvalue weighted by molar-refractivity contribution is 0.336. The number of rotatable bonds is 8. The van der Waals surface area contributed by atoms with Crippen molar-refractivity contribution in [3.8, 4) is 11.4 Å². The fourth-order valence-corrected chi connectivity index (χ4v) is 2.78. The summed E-state index contributed by atoms with van der Waals surface area (Å²) in [6, 6.07) is 18.0. The molecule has 2 N–H and O–H groups in total. The summed E-state index contributed by atoms with van der Waals surface area (Å²) in [7, 11) is 0. The Morgan fingerprint density at radius 3 is 2.61 bits per heavy atom. The summed E-state index contributed by atoms with van der Waals surface area (Å²) in [5.41, 5.74) is 2.07. The van der Waals surface area contributed by atoms with Crippen molar-refractivity contribution >= 4 is 5.96 Å². The van der Waals surface area contributed by atoms with E-state index in [-0.39, 0.29) is 0 Å². The second-order valence-corrected chi connectivity index (χ2v) is 6.04. The quantitative estimate of drug-likeness (QED) is 0.466. The lowest BCUT2D eigenvalue weighted by atomic mass is 10.2. The van der Waals surface area contributed by atoms with E-state index in [1.165, 1.54) is 0 Å². The first-order valence-electron chi connectivity index (χ1n) is 9.49. The van der Waals surface area contributed by atoms with Gasteiger partial charge in [0.25, 0.3) is 0 Å². The van der Waals surface area contributed by atoms with Gasteiger partial charge < -0.3 is 15.4 Å². The number of ether oxygens (including phenoxy) is 1. The summed E-state index contributed by atoms with van der Waals surface area (Å²) in [5.74, 6) is 2.40. The average Bonchev–Trinajstić information content (AvgIpc) is 3.20. The van der Waals surface area contributed by atoms with Gasteiger partial charge >= 0.3 is 0 Å². The summed E-state index contributed by atoms with van der Waals surface area (Å²) in [5, 5.41) is 14.9. The first-order valence-corrected chi connectivity index (χ1v) is 9.49. The molecule has 1 aromatic heterocycles. The maximum Gasteiger partial charge on any atom is 0.191 e. The van der Waals surface area contributed by atoms with Crippen molar-refractivity contribution in [1.29, 1.82) is 0 Å². The van der Waals surface area contributed by atoms with Crippen molar-refractivity contribution in [3.05, 3.63) is 72.3 Å². The van der Waals surface area contributed by atoms with E-state index in [2.05, 4.69) is 25.8 Å². The van der Waals surface area contributed by atoms with E-state index in [9.17, 15) is 0 Å². The fourth-order valence-electron chi connectivity index (χ4n) is 2.78. The van der Waals surface area contributed by atoms with Crippen LogP contribution in [-0.4, -0.2) is 33.9 Å². The minimum Gasteiger partial charge on any atom is -0.494 e. The molecule has 0 saturated carbocycles. The van der Waals surface area contributed by atoms with Gasteiger partial charge in [0.2, 0.25) is 0 Å². The highest BCUT2D eigenvalue weighted by atomic mass is 16.5. The molecule has 0 aliphatic heterocycles. The van der Waals surface area contributed by atoms with Gasteiger partial charge in [-0.1, -0.05) is 36.4 Å². The van der Waals surface area contributed by atoms with Gasteiger partial charge in [0.1, 0.15) is 12.1 Å². The molecule has 0 saturated heterocycles. The molecule has 1 heterocycles. The molecule has 28 heavy (non-hydrogen) atoms. The number of nitrogens with zero attached hydrogens (tertiary/aromatic N) is 4. The normalized spacial score (nSPS) is 11.3. The Balaban J connectivity index is 1.69. The van der Waals surface area contributed by atoms with Crippen LogP contribution in [0.25, 0.3) is 5.69 Å². The molecule has 0 spiro atoms. The molecule has 146 valence electrons. The van der Waals surface area contributed by atoms with Gasteiger partial charge in [-0.2, -0.15) is 0 Å². The van der Waals surface area contributed by atoms with Crippen LogP contribution in [-0.2, 0) is 13.1 Å².